The third kappa shape index (κ3) is 5.15. The van der Waals surface area contributed by atoms with Crippen molar-refractivity contribution in [1.82, 2.24) is 9.80 Å². The molecule has 1 saturated heterocycles. The number of hydrogen-bond acceptors (Lipinski definition) is 2. The molecule has 1 fully saturated rings. The fourth-order valence-electron chi connectivity index (χ4n) is 2.36. The van der Waals surface area contributed by atoms with Crippen LogP contribution in [-0.2, 0) is 4.79 Å². The number of piperidine rings is 1. The summed E-state index contributed by atoms with van der Waals surface area (Å²) < 4.78 is 0. The molecule has 18 heavy (non-hydrogen) atoms. The fraction of sp³-hybridized carbons (Fsp3) is 0.929. The van der Waals surface area contributed by atoms with Crippen LogP contribution < -0.4 is 0 Å². The average molecular weight is 275 g/mol. The number of likely N-dealkylation sites (tertiary alicyclic amines) is 1. The summed E-state index contributed by atoms with van der Waals surface area (Å²) in [4.78, 5) is 16.3. The number of rotatable bonds is 6. The largest absolute Gasteiger partial charge is 0.343 e. The normalized spacial score (nSPS) is 17.8. The van der Waals surface area contributed by atoms with Crippen molar-refractivity contribution in [2.45, 2.75) is 45.6 Å². The molecule has 1 amide bonds. The number of hydrogen-bond donors (Lipinski definition) is 0. The SMILES string of the molecule is CC(C)N(C)CC1CCN(C(=O)CCCCl)CC1. The van der Waals surface area contributed by atoms with Gasteiger partial charge in [-0.2, -0.15) is 0 Å². The van der Waals surface area contributed by atoms with Crippen molar-refractivity contribution in [3.8, 4) is 0 Å². The second-order valence-corrected chi connectivity index (χ2v) is 6.03. The smallest absolute Gasteiger partial charge is 0.222 e. The molecule has 4 heteroatoms. The Morgan fingerprint density at radius 1 is 1.39 bits per heavy atom. The number of nitrogens with zero attached hydrogens (tertiary/aromatic N) is 2. The van der Waals surface area contributed by atoms with Gasteiger partial charge in [0.05, 0.1) is 0 Å². The Morgan fingerprint density at radius 3 is 2.50 bits per heavy atom. The molecule has 1 heterocycles. The first-order valence-electron chi connectivity index (χ1n) is 7.08. The van der Waals surface area contributed by atoms with Crippen molar-refractivity contribution in [2.24, 2.45) is 5.92 Å². The van der Waals surface area contributed by atoms with Crippen LogP contribution in [0.2, 0.25) is 0 Å². The molecule has 0 aromatic carbocycles. The van der Waals surface area contributed by atoms with Gasteiger partial charge < -0.3 is 9.80 Å². The fourth-order valence-corrected chi connectivity index (χ4v) is 2.49. The summed E-state index contributed by atoms with van der Waals surface area (Å²) in [6.45, 7) is 7.46. The molecule has 0 radical (unpaired) electrons. The minimum atomic E-state index is 0.284. The van der Waals surface area contributed by atoms with Crippen LogP contribution in [0.5, 0.6) is 0 Å². The van der Waals surface area contributed by atoms with Gasteiger partial charge in [0.15, 0.2) is 0 Å². The Morgan fingerprint density at radius 2 is 2.00 bits per heavy atom. The van der Waals surface area contributed by atoms with Crippen molar-refractivity contribution < 1.29 is 4.79 Å². The molecule has 0 aromatic heterocycles. The molecule has 0 saturated carbocycles. The standard InChI is InChI=1S/C14H27ClN2O/c1-12(2)16(3)11-13-6-9-17(10-7-13)14(18)5-4-8-15/h12-13H,4-11H2,1-3H3. The zero-order chi connectivity index (χ0) is 13.5. The lowest BCUT2D eigenvalue weighted by Crippen LogP contribution is -2.42. The van der Waals surface area contributed by atoms with Gasteiger partial charge in [-0.15, -0.1) is 11.6 Å². The average Bonchev–Trinajstić information content (AvgIpc) is 2.36. The summed E-state index contributed by atoms with van der Waals surface area (Å²) in [5.41, 5.74) is 0. The summed E-state index contributed by atoms with van der Waals surface area (Å²) in [5, 5.41) is 0. The Hall–Kier alpha value is -0.280. The summed E-state index contributed by atoms with van der Waals surface area (Å²) in [6.07, 6.45) is 3.70. The molecule has 0 atom stereocenters. The van der Waals surface area contributed by atoms with Gasteiger partial charge in [0.1, 0.15) is 0 Å². The first-order valence-corrected chi connectivity index (χ1v) is 7.62. The van der Waals surface area contributed by atoms with E-state index in [1.54, 1.807) is 0 Å². The number of carbonyl (C=O) groups excluding carboxylic acids is 1. The van der Waals surface area contributed by atoms with Gasteiger partial charge in [0.25, 0.3) is 0 Å². The van der Waals surface area contributed by atoms with E-state index in [1.165, 1.54) is 0 Å². The highest BCUT2D eigenvalue weighted by atomic mass is 35.5. The Balaban J connectivity index is 2.26. The number of carbonyl (C=O) groups is 1. The van der Waals surface area contributed by atoms with Gasteiger partial charge >= 0.3 is 0 Å². The molecule has 106 valence electrons. The monoisotopic (exact) mass is 274 g/mol. The molecule has 0 bridgehead atoms. The van der Waals surface area contributed by atoms with E-state index in [0.717, 1.165) is 44.8 Å². The summed E-state index contributed by atoms with van der Waals surface area (Å²) >= 11 is 5.62. The topological polar surface area (TPSA) is 23.6 Å². The molecule has 0 aromatic rings. The van der Waals surface area contributed by atoms with Gasteiger partial charge in [0, 0.05) is 38.0 Å². The zero-order valence-corrected chi connectivity index (χ0v) is 12.7. The van der Waals surface area contributed by atoms with Crippen molar-refractivity contribution in [2.75, 3.05) is 32.6 Å². The molecule has 0 spiro atoms. The molecule has 0 N–H and O–H groups in total. The van der Waals surface area contributed by atoms with Crippen LogP contribution in [0.25, 0.3) is 0 Å². The van der Waals surface area contributed by atoms with E-state index in [1.807, 2.05) is 4.90 Å². The minimum absolute atomic E-state index is 0.284. The minimum Gasteiger partial charge on any atom is -0.343 e. The van der Waals surface area contributed by atoms with E-state index in [4.69, 9.17) is 11.6 Å². The lowest BCUT2D eigenvalue weighted by molar-refractivity contribution is -0.132. The lowest BCUT2D eigenvalue weighted by Gasteiger charge is -2.35. The summed E-state index contributed by atoms with van der Waals surface area (Å²) in [5.74, 6) is 1.61. The maximum absolute atomic E-state index is 11.9. The van der Waals surface area contributed by atoms with Crippen molar-refractivity contribution >= 4 is 17.5 Å². The second-order valence-electron chi connectivity index (χ2n) is 5.65. The lowest BCUT2D eigenvalue weighted by atomic mass is 9.95. The van der Waals surface area contributed by atoms with Gasteiger partial charge in [0.2, 0.25) is 5.91 Å². The van der Waals surface area contributed by atoms with E-state index in [0.29, 0.717) is 18.3 Å². The Bertz CT molecular complexity index is 250. The highest BCUT2D eigenvalue weighted by Crippen LogP contribution is 2.19. The molecule has 0 unspecified atom stereocenters. The van der Waals surface area contributed by atoms with E-state index in [-0.39, 0.29) is 5.91 Å². The van der Waals surface area contributed by atoms with Crippen LogP contribution in [0.4, 0.5) is 0 Å². The predicted octanol–water partition coefficient (Wildman–Crippen LogP) is 2.58. The van der Waals surface area contributed by atoms with Crippen LogP contribution in [-0.4, -0.2) is 54.3 Å². The third-order valence-corrected chi connectivity index (χ3v) is 4.19. The molecule has 3 nitrogen and oxygen atoms in total. The van der Waals surface area contributed by atoms with Crippen molar-refractivity contribution in [1.29, 1.82) is 0 Å². The second kappa shape index (κ2) is 8.00. The third-order valence-electron chi connectivity index (χ3n) is 3.92. The predicted molar refractivity (Wildman–Crippen MR) is 77.0 cm³/mol. The maximum atomic E-state index is 11.9. The van der Waals surface area contributed by atoms with E-state index < -0.39 is 0 Å². The van der Waals surface area contributed by atoms with Gasteiger partial charge in [-0.25, -0.2) is 0 Å². The number of alkyl halides is 1. The Kier molecular flexibility index (Phi) is 7.02. The van der Waals surface area contributed by atoms with Gasteiger partial charge in [-0.1, -0.05) is 0 Å². The summed E-state index contributed by atoms with van der Waals surface area (Å²) in [7, 11) is 2.18. The first-order chi connectivity index (χ1) is 8.54. The molecule has 1 aliphatic heterocycles. The molecular formula is C14H27ClN2O. The van der Waals surface area contributed by atoms with Crippen LogP contribution in [0.1, 0.15) is 39.5 Å². The molecular weight excluding hydrogens is 248 g/mol. The number of amides is 1. The van der Waals surface area contributed by atoms with Crippen molar-refractivity contribution in [3.05, 3.63) is 0 Å². The summed E-state index contributed by atoms with van der Waals surface area (Å²) in [6, 6.07) is 0.605. The molecule has 1 rings (SSSR count). The van der Waals surface area contributed by atoms with E-state index >= 15 is 0 Å². The molecule has 0 aliphatic carbocycles. The van der Waals surface area contributed by atoms with Gasteiger partial charge in [-0.05, 0) is 46.1 Å². The van der Waals surface area contributed by atoms with E-state index in [2.05, 4.69) is 25.8 Å². The van der Waals surface area contributed by atoms with Crippen LogP contribution >= 0.6 is 11.6 Å². The quantitative estimate of drug-likeness (QED) is 0.695. The zero-order valence-electron chi connectivity index (χ0n) is 12.0. The van der Waals surface area contributed by atoms with Crippen molar-refractivity contribution in [3.63, 3.8) is 0 Å². The van der Waals surface area contributed by atoms with E-state index in [9.17, 15) is 4.79 Å². The van der Waals surface area contributed by atoms with Crippen LogP contribution in [0.15, 0.2) is 0 Å². The van der Waals surface area contributed by atoms with Crippen LogP contribution in [0, 0.1) is 5.92 Å². The maximum Gasteiger partial charge on any atom is 0.222 e. The Labute approximate surface area is 116 Å². The highest BCUT2D eigenvalue weighted by Gasteiger charge is 2.23. The van der Waals surface area contributed by atoms with Crippen LogP contribution in [0.3, 0.4) is 0 Å². The first kappa shape index (κ1) is 15.8. The van der Waals surface area contributed by atoms with Gasteiger partial charge in [-0.3, -0.25) is 4.79 Å². The molecule has 1 aliphatic rings. The highest BCUT2D eigenvalue weighted by molar-refractivity contribution is 6.17. The number of halogens is 1.